The van der Waals surface area contributed by atoms with Gasteiger partial charge < -0.3 is 19.1 Å². The number of carbonyl (C=O) groups is 2. The fraction of sp³-hybridized carbons (Fsp3) is 0.182. The number of carboxylic acid groups (broad SMARTS) is 1. The van der Waals surface area contributed by atoms with Gasteiger partial charge in [0.15, 0.2) is 0 Å². The molecule has 1 heterocycles. The second kappa shape index (κ2) is 8.01. The number of carbonyl (C=O) groups excluding carboxylic acids is 1. The van der Waals surface area contributed by atoms with E-state index < -0.39 is 11.9 Å². The first-order valence-corrected chi connectivity index (χ1v) is 9.17. The second-order valence-corrected chi connectivity index (χ2v) is 7.01. The number of carboxylic acids is 1. The van der Waals surface area contributed by atoms with Crippen LogP contribution in [0.5, 0.6) is 5.75 Å². The van der Waals surface area contributed by atoms with Crippen molar-refractivity contribution in [2.75, 3.05) is 7.11 Å². The molecule has 0 spiro atoms. The van der Waals surface area contributed by atoms with E-state index in [-0.39, 0.29) is 11.3 Å². The summed E-state index contributed by atoms with van der Waals surface area (Å²) in [6.07, 6.45) is 0. The summed E-state index contributed by atoms with van der Waals surface area (Å²) in [7, 11) is 1.25. The minimum absolute atomic E-state index is 0.131. The summed E-state index contributed by atoms with van der Waals surface area (Å²) in [5.74, 6) is -1.36. The Kier molecular flexibility index (Phi) is 5.66. The normalized spacial score (nSPS) is 10.8. The van der Waals surface area contributed by atoms with E-state index in [9.17, 15) is 14.7 Å². The van der Waals surface area contributed by atoms with Gasteiger partial charge in [-0.1, -0.05) is 17.7 Å². The lowest BCUT2D eigenvalue weighted by molar-refractivity contribution is -0.138. The summed E-state index contributed by atoms with van der Waals surface area (Å²) in [6, 6.07) is 10.2. The highest BCUT2D eigenvalue weighted by atomic mass is 35.5. The predicted molar refractivity (Wildman–Crippen MR) is 111 cm³/mol. The van der Waals surface area contributed by atoms with Crippen molar-refractivity contribution in [2.45, 2.75) is 20.4 Å². The molecule has 0 saturated carbocycles. The van der Waals surface area contributed by atoms with Gasteiger partial charge in [0, 0.05) is 28.2 Å². The van der Waals surface area contributed by atoms with Crippen LogP contribution in [0.15, 0.2) is 48.7 Å². The van der Waals surface area contributed by atoms with E-state index in [2.05, 4.69) is 15.9 Å². The Bertz CT molecular complexity index is 1150. The zero-order valence-electron chi connectivity index (χ0n) is 16.3. The van der Waals surface area contributed by atoms with Gasteiger partial charge in [-0.3, -0.25) is 0 Å². The van der Waals surface area contributed by atoms with E-state index >= 15 is 0 Å². The molecule has 0 atom stereocenters. The number of methoxy groups -OCH3 is 1. The Morgan fingerprint density at radius 1 is 1.17 bits per heavy atom. The highest BCUT2D eigenvalue weighted by Crippen LogP contribution is 2.30. The molecule has 3 rings (SSSR count). The van der Waals surface area contributed by atoms with Crippen molar-refractivity contribution in [3.63, 3.8) is 0 Å². The summed E-state index contributed by atoms with van der Waals surface area (Å²) < 4.78 is 12.0. The SMILES string of the molecule is C=C(Oc1ccc(Cn2c(C)c(C)c3cc(C(=O)O)ccc32)c(Cl)c1)C(=O)OC. The summed E-state index contributed by atoms with van der Waals surface area (Å²) in [5.41, 5.74) is 4.08. The fourth-order valence-corrected chi connectivity index (χ4v) is 3.40. The van der Waals surface area contributed by atoms with E-state index in [0.29, 0.717) is 17.3 Å². The summed E-state index contributed by atoms with van der Waals surface area (Å²) in [6.45, 7) is 7.98. The average molecular weight is 414 g/mol. The van der Waals surface area contributed by atoms with Crippen molar-refractivity contribution in [3.8, 4) is 5.75 Å². The molecule has 150 valence electrons. The lowest BCUT2D eigenvalue weighted by atomic mass is 10.1. The zero-order chi connectivity index (χ0) is 21.3. The van der Waals surface area contributed by atoms with E-state index in [4.69, 9.17) is 16.3 Å². The Balaban J connectivity index is 1.93. The molecule has 0 saturated heterocycles. The van der Waals surface area contributed by atoms with Crippen LogP contribution in [-0.4, -0.2) is 28.7 Å². The maximum atomic E-state index is 11.4. The molecule has 0 bridgehead atoms. The number of benzene rings is 2. The molecule has 0 fully saturated rings. The van der Waals surface area contributed by atoms with Crippen LogP contribution in [0.1, 0.15) is 27.2 Å². The van der Waals surface area contributed by atoms with Crippen LogP contribution < -0.4 is 4.74 Å². The molecule has 0 aliphatic heterocycles. The summed E-state index contributed by atoms with van der Waals surface area (Å²) in [5, 5.41) is 10.6. The Labute approximate surface area is 172 Å². The van der Waals surface area contributed by atoms with Gasteiger partial charge in [0.05, 0.1) is 12.7 Å². The molecule has 0 radical (unpaired) electrons. The molecule has 6 nitrogen and oxygen atoms in total. The number of hydrogen-bond acceptors (Lipinski definition) is 4. The molecular formula is C22H20ClNO5. The molecule has 29 heavy (non-hydrogen) atoms. The van der Waals surface area contributed by atoms with Crippen LogP contribution in [-0.2, 0) is 16.1 Å². The van der Waals surface area contributed by atoms with Gasteiger partial charge in [-0.2, -0.15) is 0 Å². The van der Waals surface area contributed by atoms with E-state index in [1.54, 1.807) is 24.3 Å². The standard InChI is InChI=1S/C22H20ClNO5/c1-12-13(2)24(20-8-6-15(21(25)26)9-18(12)20)11-16-5-7-17(10-19(16)23)29-14(3)22(27)28-4/h5-10H,3,11H2,1-2,4H3,(H,25,26). The van der Waals surface area contributed by atoms with Crippen LogP contribution in [0, 0.1) is 13.8 Å². The monoisotopic (exact) mass is 413 g/mol. The van der Waals surface area contributed by atoms with Gasteiger partial charge in [-0.15, -0.1) is 0 Å². The number of aryl methyl sites for hydroxylation is 1. The molecule has 0 unspecified atom stereocenters. The number of ether oxygens (including phenoxy) is 2. The quantitative estimate of drug-likeness (QED) is 0.359. The summed E-state index contributed by atoms with van der Waals surface area (Å²) in [4.78, 5) is 22.7. The fourth-order valence-electron chi connectivity index (χ4n) is 3.17. The van der Waals surface area contributed by atoms with Gasteiger partial charge in [-0.05, 0) is 61.9 Å². The van der Waals surface area contributed by atoms with Crippen molar-refractivity contribution < 1.29 is 24.2 Å². The van der Waals surface area contributed by atoms with Crippen LogP contribution in [0.4, 0.5) is 0 Å². The first kappa shape index (κ1) is 20.5. The molecule has 1 aromatic heterocycles. The van der Waals surface area contributed by atoms with Crippen molar-refractivity contribution in [3.05, 3.63) is 76.1 Å². The Morgan fingerprint density at radius 2 is 1.90 bits per heavy atom. The summed E-state index contributed by atoms with van der Waals surface area (Å²) >= 11 is 6.44. The average Bonchev–Trinajstić information content (AvgIpc) is 2.93. The largest absolute Gasteiger partial charge is 0.478 e. The highest BCUT2D eigenvalue weighted by molar-refractivity contribution is 6.31. The topological polar surface area (TPSA) is 77.8 Å². The number of halogens is 1. The number of fused-ring (bicyclic) bond motifs is 1. The van der Waals surface area contributed by atoms with Gasteiger partial charge in [0.1, 0.15) is 5.75 Å². The number of esters is 1. The lowest BCUT2D eigenvalue weighted by Crippen LogP contribution is -2.09. The molecule has 3 aromatic rings. The third kappa shape index (κ3) is 3.98. The molecule has 2 aromatic carbocycles. The van der Waals surface area contributed by atoms with Crippen LogP contribution >= 0.6 is 11.6 Å². The molecular weight excluding hydrogens is 394 g/mol. The van der Waals surface area contributed by atoms with Crippen LogP contribution in [0.2, 0.25) is 5.02 Å². The highest BCUT2D eigenvalue weighted by Gasteiger charge is 2.15. The van der Waals surface area contributed by atoms with Crippen LogP contribution in [0.3, 0.4) is 0 Å². The minimum atomic E-state index is -0.955. The first-order chi connectivity index (χ1) is 13.7. The first-order valence-electron chi connectivity index (χ1n) is 8.79. The zero-order valence-corrected chi connectivity index (χ0v) is 17.0. The maximum Gasteiger partial charge on any atom is 0.373 e. The number of rotatable bonds is 6. The third-order valence-electron chi connectivity index (χ3n) is 4.89. The van der Waals surface area contributed by atoms with Gasteiger partial charge in [0.25, 0.3) is 0 Å². The van der Waals surface area contributed by atoms with Crippen molar-refractivity contribution in [2.24, 2.45) is 0 Å². The molecule has 0 aliphatic rings. The number of aromatic nitrogens is 1. The Morgan fingerprint density at radius 3 is 2.52 bits per heavy atom. The van der Waals surface area contributed by atoms with Crippen LogP contribution in [0.25, 0.3) is 10.9 Å². The smallest absolute Gasteiger partial charge is 0.373 e. The van der Waals surface area contributed by atoms with Crippen molar-refractivity contribution in [1.82, 2.24) is 4.57 Å². The van der Waals surface area contributed by atoms with Gasteiger partial charge in [-0.25, -0.2) is 9.59 Å². The van der Waals surface area contributed by atoms with Gasteiger partial charge >= 0.3 is 11.9 Å². The molecule has 0 aliphatic carbocycles. The second-order valence-electron chi connectivity index (χ2n) is 6.60. The van der Waals surface area contributed by atoms with E-state index in [1.807, 2.05) is 26.0 Å². The Hall–Kier alpha value is -3.25. The molecule has 1 N–H and O–H groups in total. The van der Waals surface area contributed by atoms with Crippen molar-refractivity contribution >= 4 is 34.4 Å². The minimum Gasteiger partial charge on any atom is -0.478 e. The predicted octanol–water partition coefficient (Wildman–Crippen LogP) is 4.72. The number of nitrogens with zero attached hydrogens (tertiary/aromatic N) is 1. The number of aromatic carboxylic acids is 1. The molecule has 7 heteroatoms. The number of hydrogen-bond donors (Lipinski definition) is 1. The maximum absolute atomic E-state index is 11.4. The van der Waals surface area contributed by atoms with Crippen molar-refractivity contribution in [1.29, 1.82) is 0 Å². The van der Waals surface area contributed by atoms with E-state index in [0.717, 1.165) is 27.7 Å². The molecule has 0 amide bonds. The van der Waals surface area contributed by atoms with E-state index in [1.165, 1.54) is 7.11 Å². The van der Waals surface area contributed by atoms with Gasteiger partial charge in [0.2, 0.25) is 5.76 Å². The lowest BCUT2D eigenvalue weighted by Gasteiger charge is -2.12. The third-order valence-corrected chi connectivity index (χ3v) is 5.24.